The van der Waals surface area contributed by atoms with Gasteiger partial charge >= 0.3 is 0 Å². The van der Waals surface area contributed by atoms with Crippen LogP contribution in [-0.4, -0.2) is 30.6 Å². The highest BCUT2D eigenvalue weighted by atomic mass is 15.1. The summed E-state index contributed by atoms with van der Waals surface area (Å²) < 4.78 is 0. The predicted octanol–water partition coefficient (Wildman–Crippen LogP) is 2.24. The average molecular weight is 198 g/mol. The lowest BCUT2D eigenvalue weighted by Crippen LogP contribution is -2.36. The number of piperidine rings is 1. The van der Waals surface area contributed by atoms with E-state index in [9.17, 15) is 0 Å². The van der Waals surface area contributed by atoms with Gasteiger partial charge in [0.2, 0.25) is 0 Å². The minimum absolute atomic E-state index is 0.377. The molecule has 1 rings (SSSR count). The normalized spacial score (nSPS) is 26.4. The summed E-state index contributed by atoms with van der Waals surface area (Å²) >= 11 is 0. The maximum Gasteiger partial charge on any atom is 0.00109 e. The summed E-state index contributed by atoms with van der Waals surface area (Å²) in [5, 5.41) is 0. The van der Waals surface area contributed by atoms with E-state index in [1.165, 1.54) is 51.7 Å². The molecule has 0 radical (unpaired) electrons. The molecule has 2 N–H and O–H groups in total. The third-order valence-electron chi connectivity index (χ3n) is 3.31. The van der Waals surface area contributed by atoms with E-state index in [4.69, 9.17) is 5.73 Å². The Labute approximate surface area is 88.8 Å². The Morgan fingerprint density at radius 2 is 2.29 bits per heavy atom. The number of hydrogen-bond donors (Lipinski definition) is 1. The topological polar surface area (TPSA) is 29.3 Å². The molecule has 0 amide bonds. The molecule has 2 atom stereocenters. The second kappa shape index (κ2) is 6.41. The molecular formula is C12H26N2. The van der Waals surface area contributed by atoms with Gasteiger partial charge in [-0.25, -0.2) is 0 Å². The third-order valence-corrected chi connectivity index (χ3v) is 3.31. The standard InChI is InChI=1S/C12H26N2/c1-3-12-7-5-9-14(10-12)8-4-6-11(2)13/h11-12H,3-10,13H2,1-2H3. The van der Waals surface area contributed by atoms with Gasteiger partial charge in [0.05, 0.1) is 0 Å². The summed E-state index contributed by atoms with van der Waals surface area (Å²) in [5.41, 5.74) is 5.74. The van der Waals surface area contributed by atoms with Crippen molar-refractivity contribution in [1.29, 1.82) is 0 Å². The Kier molecular flexibility index (Phi) is 5.49. The first-order valence-electron chi connectivity index (χ1n) is 6.20. The summed E-state index contributed by atoms with van der Waals surface area (Å²) in [7, 11) is 0. The Morgan fingerprint density at radius 3 is 2.93 bits per heavy atom. The Morgan fingerprint density at radius 1 is 1.50 bits per heavy atom. The molecule has 1 saturated heterocycles. The first-order valence-corrected chi connectivity index (χ1v) is 6.20. The van der Waals surface area contributed by atoms with Crippen LogP contribution in [0.1, 0.15) is 46.0 Å². The smallest absolute Gasteiger partial charge is 0.00109 e. The quantitative estimate of drug-likeness (QED) is 0.734. The van der Waals surface area contributed by atoms with Crippen molar-refractivity contribution in [2.75, 3.05) is 19.6 Å². The first-order chi connectivity index (χ1) is 6.72. The van der Waals surface area contributed by atoms with E-state index in [0.29, 0.717) is 6.04 Å². The zero-order valence-corrected chi connectivity index (χ0v) is 9.84. The molecule has 2 heteroatoms. The van der Waals surface area contributed by atoms with E-state index in [0.717, 1.165) is 5.92 Å². The molecule has 0 aromatic rings. The van der Waals surface area contributed by atoms with Gasteiger partial charge < -0.3 is 10.6 Å². The van der Waals surface area contributed by atoms with Crippen LogP contribution in [0, 0.1) is 5.92 Å². The Hall–Kier alpha value is -0.0800. The summed E-state index contributed by atoms with van der Waals surface area (Å²) in [5.74, 6) is 0.957. The lowest BCUT2D eigenvalue weighted by molar-refractivity contribution is 0.168. The van der Waals surface area contributed by atoms with Gasteiger partial charge in [0.25, 0.3) is 0 Å². The molecule has 2 nitrogen and oxygen atoms in total. The van der Waals surface area contributed by atoms with E-state index >= 15 is 0 Å². The highest BCUT2D eigenvalue weighted by Gasteiger charge is 2.17. The van der Waals surface area contributed by atoms with Crippen molar-refractivity contribution in [2.24, 2.45) is 11.7 Å². The Balaban J connectivity index is 2.11. The third kappa shape index (κ3) is 4.43. The molecule has 0 saturated carbocycles. The van der Waals surface area contributed by atoms with E-state index in [1.54, 1.807) is 0 Å². The SMILES string of the molecule is CCC1CCCN(CCCC(C)N)C1. The van der Waals surface area contributed by atoms with Crippen LogP contribution >= 0.6 is 0 Å². The van der Waals surface area contributed by atoms with Crippen molar-refractivity contribution >= 4 is 0 Å². The molecule has 84 valence electrons. The molecule has 0 aromatic heterocycles. The molecule has 0 spiro atoms. The number of likely N-dealkylation sites (tertiary alicyclic amines) is 1. The summed E-state index contributed by atoms with van der Waals surface area (Å²) in [6.07, 6.45) is 6.64. The number of hydrogen-bond acceptors (Lipinski definition) is 2. The molecule has 1 aliphatic rings. The lowest BCUT2D eigenvalue weighted by Gasteiger charge is -2.32. The van der Waals surface area contributed by atoms with Crippen molar-refractivity contribution in [2.45, 2.75) is 52.0 Å². The van der Waals surface area contributed by atoms with Gasteiger partial charge in [0.15, 0.2) is 0 Å². The van der Waals surface area contributed by atoms with Crippen molar-refractivity contribution in [1.82, 2.24) is 4.90 Å². The van der Waals surface area contributed by atoms with Crippen LogP contribution in [0.15, 0.2) is 0 Å². The molecular weight excluding hydrogens is 172 g/mol. The van der Waals surface area contributed by atoms with Gasteiger partial charge in [-0.15, -0.1) is 0 Å². The number of nitrogens with two attached hydrogens (primary N) is 1. The van der Waals surface area contributed by atoms with Gasteiger partial charge in [-0.1, -0.05) is 13.3 Å². The molecule has 1 heterocycles. The molecule has 2 unspecified atom stereocenters. The fourth-order valence-electron chi connectivity index (χ4n) is 2.32. The van der Waals surface area contributed by atoms with Gasteiger partial charge in [-0.05, 0) is 51.6 Å². The average Bonchev–Trinajstić information content (AvgIpc) is 2.18. The van der Waals surface area contributed by atoms with Crippen molar-refractivity contribution in [3.05, 3.63) is 0 Å². The molecule has 1 aliphatic heterocycles. The van der Waals surface area contributed by atoms with Crippen molar-refractivity contribution in [3.63, 3.8) is 0 Å². The van der Waals surface area contributed by atoms with Gasteiger partial charge in [-0.2, -0.15) is 0 Å². The lowest BCUT2D eigenvalue weighted by atomic mass is 9.95. The number of rotatable bonds is 5. The summed E-state index contributed by atoms with van der Waals surface area (Å²) in [6, 6.07) is 0.377. The van der Waals surface area contributed by atoms with E-state index in [-0.39, 0.29) is 0 Å². The minimum Gasteiger partial charge on any atom is -0.328 e. The Bertz CT molecular complexity index is 145. The van der Waals surface area contributed by atoms with Crippen LogP contribution in [0.4, 0.5) is 0 Å². The molecule has 0 aromatic carbocycles. The van der Waals surface area contributed by atoms with Gasteiger partial charge in [0, 0.05) is 12.6 Å². The number of nitrogens with zero attached hydrogens (tertiary/aromatic N) is 1. The minimum atomic E-state index is 0.377. The largest absolute Gasteiger partial charge is 0.328 e. The predicted molar refractivity (Wildman–Crippen MR) is 62.3 cm³/mol. The van der Waals surface area contributed by atoms with Crippen LogP contribution in [0.25, 0.3) is 0 Å². The first kappa shape index (κ1) is 12.0. The molecule has 0 bridgehead atoms. The van der Waals surface area contributed by atoms with Crippen LogP contribution in [-0.2, 0) is 0 Å². The second-order valence-corrected chi connectivity index (χ2v) is 4.84. The van der Waals surface area contributed by atoms with Crippen LogP contribution in [0.5, 0.6) is 0 Å². The maximum absolute atomic E-state index is 5.74. The van der Waals surface area contributed by atoms with Crippen LogP contribution in [0.3, 0.4) is 0 Å². The van der Waals surface area contributed by atoms with Crippen molar-refractivity contribution in [3.8, 4) is 0 Å². The monoisotopic (exact) mass is 198 g/mol. The summed E-state index contributed by atoms with van der Waals surface area (Å²) in [6.45, 7) is 8.32. The maximum atomic E-state index is 5.74. The highest BCUT2D eigenvalue weighted by molar-refractivity contribution is 4.72. The van der Waals surface area contributed by atoms with E-state index < -0.39 is 0 Å². The zero-order chi connectivity index (χ0) is 10.4. The second-order valence-electron chi connectivity index (χ2n) is 4.84. The van der Waals surface area contributed by atoms with E-state index in [1.807, 2.05) is 0 Å². The summed E-state index contributed by atoms with van der Waals surface area (Å²) in [4.78, 5) is 2.63. The van der Waals surface area contributed by atoms with Gasteiger partial charge in [0.1, 0.15) is 0 Å². The van der Waals surface area contributed by atoms with Crippen LogP contribution in [0.2, 0.25) is 0 Å². The molecule has 14 heavy (non-hydrogen) atoms. The molecule has 0 aliphatic carbocycles. The highest BCUT2D eigenvalue weighted by Crippen LogP contribution is 2.19. The van der Waals surface area contributed by atoms with Crippen molar-refractivity contribution < 1.29 is 0 Å². The fourth-order valence-corrected chi connectivity index (χ4v) is 2.32. The van der Waals surface area contributed by atoms with Gasteiger partial charge in [-0.3, -0.25) is 0 Å². The van der Waals surface area contributed by atoms with E-state index in [2.05, 4.69) is 18.7 Å². The fraction of sp³-hybridized carbons (Fsp3) is 1.00. The zero-order valence-electron chi connectivity index (χ0n) is 9.84. The molecule has 1 fully saturated rings. The van der Waals surface area contributed by atoms with Crippen LogP contribution < -0.4 is 5.73 Å².